The van der Waals surface area contributed by atoms with E-state index >= 15 is 0 Å². The maximum atomic E-state index is 11.1. The number of rotatable bonds is 3. The zero-order valence-corrected chi connectivity index (χ0v) is 8.25. The molecular weight excluding hydrogens is 208 g/mol. The van der Waals surface area contributed by atoms with Crippen molar-refractivity contribution in [3.63, 3.8) is 0 Å². The molecule has 0 atom stereocenters. The second-order valence-corrected chi connectivity index (χ2v) is 3.11. The first-order valence-corrected chi connectivity index (χ1v) is 4.59. The topological polar surface area (TPSA) is 84.3 Å². The van der Waals surface area contributed by atoms with E-state index < -0.39 is 12.5 Å². The lowest BCUT2D eigenvalue weighted by Crippen LogP contribution is -2.14. The minimum atomic E-state index is -0.458. The Labute approximate surface area is 90.7 Å². The van der Waals surface area contributed by atoms with Crippen LogP contribution in [0.1, 0.15) is 0 Å². The van der Waals surface area contributed by atoms with Crippen molar-refractivity contribution < 1.29 is 4.79 Å². The molecule has 0 aliphatic rings. The van der Waals surface area contributed by atoms with Crippen molar-refractivity contribution >= 4 is 22.6 Å². The maximum Gasteiger partial charge on any atom is 0.249 e. The third-order valence-electron chi connectivity index (χ3n) is 1.95. The molecule has 0 spiro atoms. The predicted molar refractivity (Wildman–Crippen MR) is 58.8 cm³/mol. The van der Waals surface area contributed by atoms with Gasteiger partial charge in [0.25, 0.3) is 0 Å². The number of fused-ring (bicyclic) bond motifs is 1. The molecule has 6 heteroatoms. The number of hydrogen-bond donors (Lipinski definition) is 1. The SMILES string of the molecule is O=NCC(=O)Nc1cnc2ncccc2c1. The van der Waals surface area contributed by atoms with E-state index in [2.05, 4.69) is 20.5 Å². The smallest absolute Gasteiger partial charge is 0.249 e. The van der Waals surface area contributed by atoms with Crippen LogP contribution in [-0.2, 0) is 4.79 Å². The Kier molecular flexibility index (Phi) is 2.81. The Bertz CT molecular complexity index is 541. The maximum absolute atomic E-state index is 11.1. The van der Waals surface area contributed by atoms with Crippen molar-refractivity contribution in [3.8, 4) is 0 Å². The minimum Gasteiger partial charge on any atom is -0.323 e. The number of nitrogens with zero attached hydrogens (tertiary/aromatic N) is 3. The predicted octanol–water partition coefficient (Wildman–Crippen LogP) is 1.33. The van der Waals surface area contributed by atoms with Crippen LogP contribution in [0.25, 0.3) is 11.0 Å². The van der Waals surface area contributed by atoms with Gasteiger partial charge in [-0.3, -0.25) is 4.79 Å². The molecule has 1 N–H and O–H groups in total. The summed E-state index contributed by atoms with van der Waals surface area (Å²) >= 11 is 0. The number of hydrogen-bond acceptors (Lipinski definition) is 5. The third-order valence-corrected chi connectivity index (χ3v) is 1.95. The highest BCUT2D eigenvalue weighted by Gasteiger charge is 2.03. The lowest BCUT2D eigenvalue weighted by atomic mass is 10.3. The van der Waals surface area contributed by atoms with Crippen molar-refractivity contribution in [1.82, 2.24) is 9.97 Å². The number of pyridine rings is 2. The average Bonchev–Trinajstić information content (AvgIpc) is 2.29. The average molecular weight is 216 g/mol. The summed E-state index contributed by atoms with van der Waals surface area (Å²) in [5.74, 6) is -0.458. The molecule has 0 radical (unpaired) electrons. The number of amides is 1. The third kappa shape index (κ3) is 2.17. The van der Waals surface area contributed by atoms with Crippen LogP contribution in [0.4, 0.5) is 5.69 Å². The zero-order chi connectivity index (χ0) is 11.4. The number of carbonyl (C=O) groups is 1. The molecule has 0 saturated heterocycles. The van der Waals surface area contributed by atoms with Gasteiger partial charge in [-0.25, -0.2) is 9.97 Å². The fourth-order valence-corrected chi connectivity index (χ4v) is 1.29. The van der Waals surface area contributed by atoms with Gasteiger partial charge in [0.15, 0.2) is 12.2 Å². The molecule has 2 rings (SSSR count). The molecule has 80 valence electrons. The fraction of sp³-hybridized carbons (Fsp3) is 0.100. The van der Waals surface area contributed by atoms with E-state index in [1.165, 1.54) is 6.20 Å². The van der Waals surface area contributed by atoms with Crippen LogP contribution < -0.4 is 5.32 Å². The normalized spacial score (nSPS) is 10.0. The summed E-state index contributed by atoms with van der Waals surface area (Å²) in [5, 5.41) is 5.83. The van der Waals surface area contributed by atoms with E-state index in [0.717, 1.165) is 5.39 Å². The second-order valence-electron chi connectivity index (χ2n) is 3.11. The van der Waals surface area contributed by atoms with Crippen LogP contribution in [0.2, 0.25) is 0 Å². The van der Waals surface area contributed by atoms with Gasteiger partial charge in [0.2, 0.25) is 5.91 Å². The Balaban J connectivity index is 2.25. The van der Waals surface area contributed by atoms with Gasteiger partial charge >= 0.3 is 0 Å². The van der Waals surface area contributed by atoms with Crippen molar-refractivity contribution in [2.75, 3.05) is 11.9 Å². The summed E-state index contributed by atoms with van der Waals surface area (Å²) in [7, 11) is 0. The standard InChI is InChI=1S/C10H8N4O2/c15-9(6-13-16)14-8-4-7-2-1-3-11-10(7)12-5-8/h1-5H,6H2,(H,14,15). The van der Waals surface area contributed by atoms with Crippen molar-refractivity contribution in [2.45, 2.75) is 0 Å². The summed E-state index contributed by atoms with van der Waals surface area (Å²) in [6, 6.07) is 5.35. The highest BCUT2D eigenvalue weighted by atomic mass is 16.3. The van der Waals surface area contributed by atoms with E-state index in [4.69, 9.17) is 0 Å². The quantitative estimate of drug-likeness (QED) is 0.784. The molecule has 2 heterocycles. The van der Waals surface area contributed by atoms with E-state index in [1.54, 1.807) is 18.3 Å². The highest BCUT2D eigenvalue weighted by Crippen LogP contribution is 2.13. The Morgan fingerprint density at radius 2 is 2.31 bits per heavy atom. The van der Waals surface area contributed by atoms with Gasteiger partial charge in [-0.2, -0.15) is 4.91 Å². The molecule has 2 aromatic rings. The largest absolute Gasteiger partial charge is 0.323 e. The van der Waals surface area contributed by atoms with Gasteiger partial charge in [0.1, 0.15) is 0 Å². The molecule has 1 amide bonds. The van der Waals surface area contributed by atoms with E-state index in [0.29, 0.717) is 11.3 Å². The Hall–Kier alpha value is -2.37. The Morgan fingerprint density at radius 3 is 3.12 bits per heavy atom. The minimum absolute atomic E-state index is 0.398. The fourth-order valence-electron chi connectivity index (χ4n) is 1.29. The molecule has 0 unspecified atom stereocenters. The molecule has 0 aliphatic heterocycles. The van der Waals surface area contributed by atoms with E-state index in [-0.39, 0.29) is 0 Å². The number of nitroso groups, excluding NO2 is 1. The lowest BCUT2D eigenvalue weighted by molar-refractivity contribution is -0.114. The molecule has 0 fully saturated rings. The van der Waals surface area contributed by atoms with E-state index in [9.17, 15) is 9.70 Å². The Morgan fingerprint density at radius 1 is 1.44 bits per heavy atom. The molecule has 2 aromatic heterocycles. The molecule has 0 bridgehead atoms. The van der Waals surface area contributed by atoms with Crippen LogP contribution in [0.3, 0.4) is 0 Å². The second kappa shape index (κ2) is 4.43. The van der Waals surface area contributed by atoms with Crippen LogP contribution in [0.5, 0.6) is 0 Å². The molecule has 6 nitrogen and oxygen atoms in total. The molecule has 16 heavy (non-hydrogen) atoms. The van der Waals surface area contributed by atoms with Crippen molar-refractivity contribution in [3.05, 3.63) is 35.5 Å². The van der Waals surface area contributed by atoms with Crippen LogP contribution >= 0.6 is 0 Å². The van der Waals surface area contributed by atoms with Crippen LogP contribution in [0, 0.1) is 4.91 Å². The van der Waals surface area contributed by atoms with Gasteiger partial charge in [-0.05, 0) is 18.2 Å². The monoisotopic (exact) mass is 216 g/mol. The van der Waals surface area contributed by atoms with Gasteiger partial charge < -0.3 is 5.32 Å². The van der Waals surface area contributed by atoms with Gasteiger partial charge in [0, 0.05) is 11.6 Å². The zero-order valence-electron chi connectivity index (χ0n) is 8.25. The van der Waals surface area contributed by atoms with Gasteiger partial charge in [-0.1, -0.05) is 5.18 Å². The highest BCUT2D eigenvalue weighted by molar-refractivity contribution is 5.93. The first kappa shape index (κ1) is 10.2. The summed E-state index contributed by atoms with van der Waals surface area (Å²) < 4.78 is 0. The van der Waals surface area contributed by atoms with Crippen molar-refractivity contribution in [1.29, 1.82) is 0 Å². The summed E-state index contributed by atoms with van der Waals surface area (Å²) in [4.78, 5) is 29.1. The summed E-state index contributed by atoms with van der Waals surface area (Å²) in [5.41, 5.74) is 1.13. The van der Waals surface area contributed by atoms with Gasteiger partial charge in [0.05, 0.1) is 11.9 Å². The molecule has 0 aromatic carbocycles. The summed E-state index contributed by atoms with van der Waals surface area (Å²) in [6.45, 7) is -0.398. The molecular formula is C10H8N4O2. The number of carbonyl (C=O) groups excluding carboxylic acids is 1. The van der Waals surface area contributed by atoms with Gasteiger partial charge in [-0.15, -0.1) is 0 Å². The summed E-state index contributed by atoms with van der Waals surface area (Å²) in [6.07, 6.45) is 3.13. The first-order chi connectivity index (χ1) is 7.79. The number of aromatic nitrogens is 2. The van der Waals surface area contributed by atoms with Crippen molar-refractivity contribution in [2.24, 2.45) is 5.18 Å². The number of nitrogens with one attached hydrogen (secondary N) is 1. The van der Waals surface area contributed by atoms with E-state index in [1.807, 2.05) is 6.07 Å². The number of anilines is 1. The first-order valence-electron chi connectivity index (χ1n) is 4.59. The van der Waals surface area contributed by atoms with Crippen LogP contribution in [0.15, 0.2) is 35.8 Å². The van der Waals surface area contributed by atoms with Crippen LogP contribution in [-0.4, -0.2) is 22.4 Å². The lowest BCUT2D eigenvalue weighted by Gasteiger charge is -2.02. The molecule has 0 saturated carbocycles. The molecule has 0 aliphatic carbocycles.